The van der Waals surface area contributed by atoms with Crippen LogP contribution in [0.15, 0.2) is 66.9 Å². The zero-order valence-electron chi connectivity index (χ0n) is 18.6. The van der Waals surface area contributed by atoms with Crippen LogP contribution < -0.4 is 0 Å². The average molecular weight is 412 g/mol. The summed E-state index contributed by atoms with van der Waals surface area (Å²) in [5, 5.41) is 9.29. The normalized spacial score (nSPS) is 14.6. The molecule has 0 radical (unpaired) electrons. The molecule has 0 bridgehead atoms. The fourth-order valence-corrected chi connectivity index (χ4v) is 4.90. The van der Waals surface area contributed by atoms with Crippen molar-refractivity contribution in [2.45, 2.75) is 58.7 Å². The van der Waals surface area contributed by atoms with Crippen molar-refractivity contribution in [1.29, 1.82) is 5.26 Å². The predicted molar refractivity (Wildman–Crippen MR) is 127 cm³/mol. The van der Waals surface area contributed by atoms with Crippen molar-refractivity contribution in [3.05, 3.63) is 94.8 Å². The maximum Gasteiger partial charge on any atom is 0.0991 e. The van der Waals surface area contributed by atoms with Gasteiger partial charge in [-0.3, -0.25) is 4.90 Å². The number of benzene rings is 2. The lowest BCUT2D eigenvalue weighted by molar-refractivity contribution is 0.183. The lowest BCUT2D eigenvalue weighted by Gasteiger charge is -2.30. The van der Waals surface area contributed by atoms with Gasteiger partial charge in [-0.05, 0) is 61.1 Å². The van der Waals surface area contributed by atoms with Crippen molar-refractivity contribution in [3.63, 3.8) is 0 Å². The van der Waals surface area contributed by atoms with Gasteiger partial charge >= 0.3 is 0 Å². The first-order chi connectivity index (χ1) is 15.2. The SMILES string of the molecule is Cc1cccc(Cn2cccc2CN(Cc2cccc(C#N)c2)CC2CCCCC2)c1. The Morgan fingerprint density at radius 2 is 1.74 bits per heavy atom. The van der Waals surface area contributed by atoms with E-state index in [0.29, 0.717) is 0 Å². The van der Waals surface area contributed by atoms with Crippen LogP contribution in [0.1, 0.15) is 60.1 Å². The first-order valence-corrected chi connectivity index (χ1v) is 11.6. The van der Waals surface area contributed by atoms with Crippen molar-refractivity contribution in [2.24, 2.45) is 5.92 Å². The van der Waals surface area contributed by atoms with Crippen LogP contribution in [-0.2, 0) is 19.6 Å². The lowest BCUT2D eigenvalue weighted by Crippen LogP contribution is -2.30. The molecule has 0 unspecified atom stereocenters. The molecule has 1 aromatic heterocycles. The van der Waals surface area contributed by atoms with Gasteiger partial charge < -0.3 is 4.57 Å². The summed E-state index contributed by atoms with van der Waals surface area (Å²) in [6, 6.07) is 23.6. The van der Waals surface area contributed by atoms with Gasteiger partial charge in [0, 0.05) is 38.1 Å². The van der Waals surface area contributed by atoms with E-state index in [2.05, 4.69) is 71.1 Å². The number of nitriles is 1. The first kappa shape index (κ1) is 21.4. The molecule has 4 rings (SSSR count). The topological polar surface area (TPSA) is 32.0 Å². The van der Waals surface area contributed by atoms with Gasteiger partial charge in [0.05, 0.1) is 11.6 Å². The molecule has 0 saturated heterocycles. The van der Waals surface area contributed by atoms with E-state index in [9.17, 15) is 5.26 Å². The Labute approximate surface area is 186 Å². The Morgan fingerprint density at radius 1 is 0.935 bits per heavy atom. The lowest BCUT2D eigenvalue weighted by atomic mass is 9.89. The van der Waals surface area contributed by atoms with Crippen LogP contribution >= 0.6 is 0 Å². The Kier molecular flexibility index (Phi) is 7.22. The van der Waals surface area contributed by atoms with E-state index in [1.807, 2.05) is 18.2 Å². The van der Waals surface area contributed by atoms with Gasteiger partial charge in [0.1, 0.15) is 0 Å². The van der Waals surface area contributed by atoms with Crippen LogP contribution in [0.4, 0.5) is 0 Å². The molecule has 1 saturated carbocycles. The molecular formula is C28H33N3. The van der Waals surface area contributed by atoms with Gasteiger partial charge in [0.15, 0.2) is 0 Å². The summed E-state index contributed by atoms with van der Waals surface area (Å²) in [5.41, 5.74) is 5.99. The maximum atomic E-state index is 9.29. The number of aryl methyl sites for hydroxylation is 1. The zero-order valence-corrected chi connectivity index (χ0v) is 18.6. The second-order valence-corrected chi connectivity index (χ2v) is 9.10. The van der Waals surface area contributed by atoms with Crippen LogP contribution in [0.2, 0.25) is 0 Å². The zero-order chi connectivity index (χ0) is 21.5. The highest BCUT2D eigenvalue weighted by Crippen LogP contribution is 2.26. The number of hydrogen-bond donors (Lipinski definition) is 0. The molecule has 31 heavy (non-hydrogen) atoms. The van der Waals surface area contributed by atoms with E-state index in [4.69, 9.17) is 0 Å². The fraction of sp³-hybridized carbons (Fsp3) is 0.393. The first-order valence-electron chi connectivity index (χ1n) is 11.6. The summed E-state index contributed by atoms with van der Waals surface area (Å²) in [4.78, 5) is 2.59. The third kappa shape index (κ3) is 6.09. The van der Waals surface area contributed by atoms with Gasteiger partial charge in [0.25, 0.3) is 0 Å². The van der Waals surface area contributed by atoms with Crippen LogP contribution in [0.25, 0.3) is 0 Å². The van der Waals surface area contributed by atoms with E-state index >= 15 is 0 Å². The van der Waals surface area contributed by atoms with Crippen molar-refractivity contribution >= 4 is 0 Å². The van der Waals surface area contributed by atoms with Gasteiger partial charge in [-0.1, -0.05) is 61.2 Å². The number of nitrogens with zero attached hydrogens (tertiary/aromatic N) is 3. The third-order valence-electron chi connectivity index (χ3n) is 6.45. The molecule has 3 nitrogen and oxygen atoms in total. The molecular weight excluding hydrogens is 378 g/mol. The molecule has 3 heteroatoms. The molecule has 1 fully saturated rings. The van der Waals surface area contributed by atoms with Gasteiger partial charge in [-0.2, -0.15) is 5.26 Å². The number of rotatable bonds is 8. The predicted octanol–water partition coefficient (Wildman–Crippen LogP) is 6.30. The average Bonchev–Trinajstić information content (AvgIpc) is 3.21. The summed E-state index contributed by atoms with van der Waals surface area (Å²) in [6.07, 6.45) is 9.02. The monoisotopic (exact) mass is 411 g/mol. The Balaban J connectivity index is 1.51. The van der Waals surface area contributed by atoms with Gasteiger partial charge in [-0.15, -0.1) is 0 Å². The summed E-state index contributed by atoms with van der Waals surface area (Å²) in [5.74, 6) is 0.785. The minimum Gasteiger partial charge on any atom is -0.346 e. The van der Waals surface area contributed by atoms with Crippen molar-refractivity contribution in [1.82, 2.24) is 9.47 Å². The summed E-state index contributed by atoms with van der Waals surface area (Å²) >= 11 is 0. The molecule has 160 valence electrons. The molecule has 1 aliphatic carbocycles. The van der Waals surface area contributed by atoms with Crippen LogP contribution in [0.3, 0.4) is 0 Å². The smallest absolute Gasteiger partial charge is 0.0991 e. The molecule has 3 aromatic rings. The Morgan fingerprint density at radius 3 is 2.55 bits per heavy atom. The van der Waals surface area contributed by atoms with E-state index in [1.165, 1.54) is 54.5 Å². The fourth-order valence-electron chi connectivity index (χ4n) is 4.90. The Bertz CT molecular complexity index is 1020. The summed E-state index contributed by atoms with van der Waals surface area (Å²) < 4.78 is 2.38. The van der Waals surface area contributed by atoms with E-state index in [0.717, 1.165) is 37.7 Å². The van der Waals surface area contributed by atoms with Crippen LogP contribution in [-0.4, -0.2) is 16.0 Å². The third-order valence-corrected chi connectivity index (χ3v) is 6.45. The minimum atomic E-state index is 0.748. The molecule has 1 aliphatic rings. The van der Waals surface area contributed by atoms with Crippen molar-refractivity contribution in [2.75, 3.05) is 6.54 Å². The molecule has 0 amide bonds. The quantitative estimate of drug-likeness (QED) is 0.436. The standard InChI is InChI=1S/C28H33N3/c1-23-8-5-12-26(16-23)21-31-15-7-14-28(31)22-30(19-24-9-3-2-4-10-24)20-27-13-6-11-25(17-27)18-29/h5-8,11-17,24H,2-4,9-10,19-22H2,1H3. The maximum absolute atomic E-state index is 9.29. The second-order valence-electron chi connectivity index (χ2n) is 9.10. The summed E-state index contributed by atoms with van der Waals surface area (Å²) in [6.45, 7) is 6.02. The number of hydrogen-bond acceptors (Lipinski definition) is 2. The highest BCUT2D eigenvalue weighted by molar-refractivity contribution is 5.32. The van der Waals surface area contributed by atoms with E-state index in [-0.39, 0.29) is 0 Å². The molecule has 0 aliphatic heterocycles. The highest BCUT2D eigenvalue weighted by Gasteiger charge is 2.19. The number of aromatic nitrogens is 1. The molecule has 0 spiro atoms. The minimum absolute atomic E-state index is 0.748. The Hall–Kier alpha value is -2.83. The highest BCUT2D eigenvalue weighted by atomic mass is 15.1. The van der Waals surface area contributed by atoms with E-state index in [1.54, 1.807) is 0 Å². The van der Waals surface area contributed by atoms with Crippen LogP contribution in [0.5, 0.6) is 0 Å². The summed E-state index contributed by atoms with van der Waals surface area (Å²) in [7, 11) is 0. The van der Waals surface area contributed by atoms with Crippen LogP contribution in [0, 0.1) is 24.2 Å². The van der Waals surface area contributed by atoms with Crippen molar-refractivity contribution in [3.8, 4) is 6.07 Å². The molecule has 2 aromatic carbocycles. The molecule has 0 atom stereocenters. The largest absolute Gasteiger partial charge is 0.346 e. The molecule has 1 heterocycles. The molecule has 0 N–H and O–H groups in total. The van der Waals surface area contributed by atoms with Gasteiger partial charge in [-0.25, -0.2) is 0 Å². The van der Waals surface area contributed by atoms with Gasteiger partial charge in [0.2, 0.25) is 0 Å². The second kappa shape index (κ2) is 10.5. The van der Waals surface area contributed by atoms with E-state index < -0.39 is 0 Å². The van der Waals surface area contributed by atoms with Crippen molar-refractivity contribution < 1.29 is 0 Å².